The Bertz CT molecular complexity index is 2180. The van der Waals surface area contributed by atoms with Gasteiger partial charge in [-0.15, -0.1) is 0 Å². The van der Waals surface area contributed by atoms with Gasteiger partial charge in [0.1, 0.15) is 34.7 Å². The third-order valence-corrected chi connectivity index (χ3v) is 16.3. The fraction of sp³-hybridized carbons (Fsp3) is 0.667. The number of aryl methyl sites for hydroxylation is 2. The average Bonchev–Trinajstić information content (AvgIpc) is 4.14. The van der Waals surface area contributed by atoms with Crippen molar-refractivity contribution in [1.29, 1.82) is 0 Å². The fourth-order valence-electron chi connectivity index (χ4n) is 9.63. The van der Waals surface area contributed by atoms with Crippen LogP contribution in [0.25, 0.3) is 10.9 Å². The van der Waals surface area contributed by atoms with Gasteiger partial charge in [0.15, 0.2) is 0 Å². The maximum atomic E-state index is 15.3. The number of fused-ring (bicyclic) bond motifs is 5. The van der Waals surface area contributed by atoms with Crippen LogP contribution in [0.3, 0.4) is 0 Å². The van der Waals surface area contributed by atoms with Gasteiger partial charge in [-0.25, -0.2) is 18.2 Å². The molecule has 4 amide bonds. The Morgan fingerprint density at radius 3 is 2.59 bits per heavy atom. The Morgan fingerprint density at radius 1 is 1.13 bits per heavy atom. The molecular formula is C45H63N5O10S. The van der Waals surface area contributed by atoms with Crippen LogP contribution < -0.4 is 19.5 Å². The van der Waals surface area contributed by atoms with Gasteiger partial charge in [-0.1, -0.05) is 38.8 Å². The lowest BCUT2D eigenvalue weighted by atomic mass is 9.83. The zero-order valence-electron chi connectivity index (χ0n) is 36.5. The van der Waals surface area contributed by atoms with E-state index in [9.17, 15) is 23.1 Å². The van der Waals surface area contributed by atoms with Crippen molar-refractivity contribution < 1.29 is 46.9 Å². The number of nitrogens with one attached hydrogen (secondary N) is 2. The number of carbonyl (C=O) groups excluding carboxylic acids is 3. The van der Waals surface area contributed by atoms with Crippen LogP contribution in [0.1, 0.15) is 123 Å². The number of ether oxygens (including phenoxy) is 3. The molecule has 0 radical (unpaired) electrons. The Balaban J connectivity index is 1.28. The van der Waals surface area contributed by atoms with Gasteiger partial charge < -0.3 is 29.5 Å². The molecule has 5 aliphatic rings. The van der Waals surface area contributed by atoms with Crippen LogP contribution in [-0.2, 0) is 42.0 Å². The highest BCUT2D eigenvalue weighted by Gasteiger charge is 2.65. The Hall–Kier alpha value is -4.44. The van der Waals surface area contributed by atoms with E-state index < -0.39 is 79.8 Å². The van der Waals surface area contributed by atoms with Gasteiger partial charge in [0, 0.05) is 49.5 Å². The maximum absolute atomic E-state index is 15.3. The van der Waals surface area contributed by atoms with E-state index in [0.717, 1.165) is 41.4 Å². The molecule has 1 aromatic heterocycles. The van der Waals surface area contributed by atoms with Crippen LogP contribution >= 0.6 is 0 Å². The Labute approximate surface area is 359 Å². The Morgan fingerprint density at radius 2 is 1.90 bits per heavy atom. The number of aromatic nitrogens is 1. The minimum absolute atomic E-state index is 0.0622. The number of allylic oxidation sites excluding steroid dienone is 1. The van der Waals surface area contributed by atoms with E-state index >= 15 is 9.59 Å². The van der Waals surface area contributed by atoms with E-state index in [0.29, 0.717) is 76.1 Å². The number of carboxylic acid groups (broad SMARTS) is 1. The summed E-state index contributed by atoms with van der Waals surface area (Å²) in [5.41, 5.74) is -0.131. The molecule has 334 valence electrons. The number of nitrogens with zero attached hydrogens (tertiary/aromatic N) is 3. The lowest BCUT2D eigenvalue weighted by Gasteiger charge is -2.42. The molecule has 3 fully saturated rings. The summed E-state index contributed by atoms with van der Waals surface area (Å²) < 4.78 is 46.3. The molecule has 3 N–H and O–H groups in total. The summed E-state index contributed by atoms with van der Waals surface area (Å²) in [5.74, 6) is -1.07. The van der Waals surface area contributed by atoms with Crippen molar-refractivity contribution in [2.75, 3.05) is 20.3 Å². The molecule has 1 aromatic carbocycles. The van der Waals surface area contributed by atoms with Crippen LogP contribution in [0.2, 0.25) is 0 Å². The van der Waals surface area contributed by atoms with E-state index in [1.807, 2.05) is 51.1 Å². The van der Waals surface area contributed by atoms with E-state index in [2.05, 4.69) is 10.0 Å². The normalized spacial score (nSPS) is 29.4. The van der Waals surface area contributed by atoms with Gasteiger partial charge in [0.05, 0.1) is 28.6 Å². The molecule has 2 saturated carbocycles. The number of pyridine rings is 1. The molecular weight excluding hydrogens is 803 g/mol. The number of methoxy groups -OCH3 is 1. The summed E-state index contributed by atoms with van der Waals surface area (Å²) in [5, 5.41) is 14.5. The van der Waals surface area contributed by atoms with Gasteiger partial charge in [-0.3, -0.25) is 24.0 Å². The molecule has 3 aliphatic heterocycles. The quantitative estimate of drug-likeness (QED) is 0.172. The molecule has 0 bridgehead atoms. The van der Waals surface area contributed by atoms with Gasteiger partial charge in [-0.05, 0) is 103 Å². The minimum Gasteiger partial charge on any atom is -0.493 e. The van der Waals surface area contributed by atoms with Crippen molar-refractivity contribution >= 4 is 44.7 Å². The molecule has 61 heavy (non-hydrogen) atoms. The number of carbonyl (C=O) groups is 4. The van der Waals surface area contributed by atoms with Gasteiger partial charge in [0.25, 0.3) is 5.91 Å². The number of hydrogen-bond donors (Lipinski definition) is 3. The van der Waals surface area contributed by atoms with Crippen molar-refractivity contribution in [3.05, 3.63) is 41.6 Å². The first-order valence-corrected chi connectivity index (χ1v) is 23.7. The standard InChI is InChI=1S/C45H63N5O10S/c1-7-28(3)49(42(54)55)36-16-13-11-9-10-12-15-30-26-45(30,41(53)48-61(56,57)43(5)21-22-43)47-39(51)37-27-44(29(4)50(37)40(36)52)20-19-32-33-25-31(59-24-14-23-58-6)17-18-35(33)46-34(8-2)38(32)60-44/h12,15,17-18,25,28-30,36-37H,7-11,13-14,16,19-24,26-27H2,1-6H3,(H,47,51)(H,48,53)(H,54,55)/b15-12-/t28?,29?,30-,36+,37+,44-,45-/m1/s1. The van der Waals surface area contributed by atoms with Crippen molar-refractivity contribution in [2.24, 2.45) is 5.92 Å². The van der Waals surface area contributed by atoms with Crippen LogP contribution in [0.5, 0.6) is 11.5 Å². The monoisotopic (exact) mass is 865 g/mol. The first-order valence-electron chi connectivity index (χ1n) is 22.2. The first-order chi connectivity index (χ1) is 29.0. The molecule has 1 saturated heterocycles. The lowest BCUT2D eigenvalue weighted by Crippen LogP contribution is -2.61. The predicted octanol–water partition coefficient (Wildman–Crippen LogP) is 5.81. The smallest absolute Gasteiger partial charge is 0.408 e. The minimum atomic E-state index is -4.02. The summed E-state index contributed by atoms with van der Waals surface area (Å²) in [4.78, 5) is 65.2. The average molecular weight is 866 g/mol. The highest BCUT2D eigenvalue weighted by Crippen LogP contribution is 2.51. The summed E-state index contributed by atoms with van der Waals surface area (Å²) in [6.45, 7) is 10.2. The second kappa shape index (κ2) is 17.4. The highest BCUT2D eigenvalue weighted by atomic mass is 32.2. The highest BCUT2D eigenvalue weighted by molar-refractivity contribution is 7.91. The van der Waals surface area contributed by atoms with Gasteiger partial charge >= 0.3 is 6.09 Å². The zero-order chi connectivity index (χ0) is 43.9. The van der Waals surface area contributed by atoms with E-state index in [1.54, 1.807) is 21.0 Å². The second-order valence-corrected chi connectivity index (χ2v) is 20.3. The summed E-state index contributed by atoms with van der Waals surface area (Å²) >= 11 is 0. The summed E-state index contributed by atoms with van der Waals surface area (Å²) in [6.07, 6.45) is 9.51. The topological polar surface area (TPSA) is 194 Å². The van der Waals surface area contributed by atoms with Gasteiger partial charge in [0.2, 0.25) is 21.8 Å². The molecule has 4 heterocycles. The van der Waals surface area contributed by atoms with E-state index in [4.69, 9.17) is 19.2 Å². The number of sulfonamides is 1. The molecule has 15 nitrogen and oxygen atoms in total. The van der Waals surface area contributed by atoms with Crippen molar-refractivity contribution in [2.45, 2.75) is 165 Å². The summed E-state index contributed by atoms with van der Waals surface area (Å²) in [6, 6.07) is 2.38. The number of amides is 4. The molecule has 7 atom stereocenters. The molecule has 16 heteroatoms. The predicted molar refractivity (Wildman–Crippen MR) is 229 cm³/mol. The Kier molecular flexibility index (Phi) is 12.7. The number of rotatable bonds is 12. The zero-order valence-corrected chi connectivity index (χ0v) is 37.3. The lowest BCUT2D eigenvalue weighted by molar-refractivity contribution is -0.146. The third-order valence-electron chi connectivity index (χ3n) is 14.1. The van der Waals surface area contributed by atoms with Crippen LogP contribution in [0, 0.1) is 5.92 Å². The van der Waals surface area contributed by atoms with Crippen molar-refractivity contribution in [3.8, 4) is 11.5 Å². The maximum Gasteiger partial charge on any atom is 0.408 e. The van der Waals surface area contributed by atoms with Gasteiger partial charge in [-0.2, -0.15) is 0 Å². The van der Waals surface area contributed by atoms with Crippen LogP contribution in [0.15, 0.2) is 30.4 Å². The third kappa shape index (κ3) is 8.42. The fourth-order valence-corrected chi connectivity index (χ4v) is 10.9. The molecule has 2 aromatic rings. The number of hydrogen-bond acceptors (Lipinski definition) is 10. The number of benzene rings is 1. The van der Waals surface area contributed by atoms with E-state index in [-0.39, 0.29) is 19.3 Å². The molecule has 1 spiro atoms. The first kappa shape index (κ1) is 44.6. The largest absolute Gasteiger partial charge is 0.493 e. The van der Waals surface area contributed by atoms with Crippen molar-refractivity contribution in [3.63, 3.8) is 0 Å². The summed E-state index contributed by atoms with van der Waals surface area (Å²) in [7, 11) is -2.37. The van der Waals surface area contributed by atoms with E-state index in [1.165, 1.54) is 9.80 Å². The van der Waals surface area contributed by atoms with Crippen LogP contribution in [-0.4, -0.2) is 113 Å². The SMILES string of the molecule is CCc1nc2ccc(OCCCOC)cc2c2c1O[C@]1(CC2)C[C@H]2C(=O)N[C@]3(C(=O)NS(=O)(=O)C4(C)CC4)C[C@H]3/C=C\CCCCC[C@H](N(C(=O)O)C(C)CC)C(=O)N2C1C. The van der Waals surface area contributed by atoms with Crippen molar-refractivity contribution in [1.82, 2.24) is 24.8 Å². The van der Waals surface area contributed by atoms with Crippen LogP contribution in [0.4, 0.5) is 4.79 Å². The molecule has 2 unspecified atom stereocenters. The molecule has 7 rings (SSSR count). The second-order valence-electron chi connectivity index (χ2n) is 18.1. The molecule has 2 aliphatic carbocycles.